The van der Waals surface area contributed by atoms with E-state index in [1.807, 2.05) is 0 Å². The highest BCUT2D eigenvalue weighted by atomic mass is 19.4. The van der Waals surface area contributed by atoms with Gasteiger partial charge in [0.2, 0.25) is 0 Å². The fraction of sp³-hybridized carbons (Fsp3) is 0.750. The first kappa shape index (κ1) is 14.3. The van der Waals surface area contributed by atoms with Crippen LogP contribution in [0.25, 0.3) is 0 Å². The van der Waals surface area contributed by atoms with Crippen LogP contribution in [0.1, 0.15) is 13.3 Å². The highest BCUT2D eigenvalue weighted by molar-refractivity contribution is 4.95. The van der Waals surface area contributed by atoms with E-state index in [9.17, 15) is 26.3 Å². The molecule has 1 N–H and O–H groups in total. The summed E-state index contributed by atoms with van der Waals surface area (Å²) in [5, 5.41) is 8.85. The van der Waals surface area contributed by atoms with Gasteiger partial charge in [-0.2, -0.15) is 26.3 Å². The zero-order valence-corrected chi connectivity index (χ0v) is 7.78. The van der Waals surface area contributed by atoms with Gasteiger partial charge < -0.3 is 5.11 Å². The van der Waals surface area contributed by atoms with Gasteiger partial charge in [-0.15, -0.1) is 6.58 Å². The highest BCUT2D eigenvalue weighted by Gasteiger charge is 2.59. The number of rotatable bonds is 3. The van der Waals surface area contributed by atoms with Crippen molar-refractivity contribution in [1.82, 2.24) is 0 Å². The predicted molar refractivity (Wildman–Crippen MR) is 41.0 cm³/mol. The summed E-state index contributed by atoms with van der Waals surface area (Å²) in [6, 6.07) is 0. The maximum Gasteiger partial charge on any atom is 0.403 e. The summed E-state index contributed by atoms with van der Waals surface area (Å²) < 4.78 is 72.0. The minimum atomic E-state index is -5.51. The molecule has 0 fully saturated rings. The van der Waals surface area contributed by atoms with Crippen molar-refractivity contribution in [3.8, 4) is 0 Å². The van der Waals surface area contributed by atoms with Crippen molar-refractivity contribution < 1.29 is 31.4 Å². The second-order valence-electron chi connectivity index (χ2n) is 3.29. The molecule has 0 rings (SSSR count). The minimum Gasteiger partial charge on any atom is -0.392 e. The smallest absolute Gasteiger partial charge is 0.392 e. The Morgan fingerprint density at radius 1 is 1.13 bits per heavy atom. The van der Waals surface area contributed by atoms with Gasteiger partial charge in [-0.1, -0.05) is 5.57 Å². The quantitative estimate of drug-likeness (QED) is 0.589. The van der Waals surface area contributed by atoms with Crippen molar-refractivity contribution in [1.29, 1.82) is 0 Å². The molecule has 0 aromatic carbocycles. The molecule has 0 amide bonds. The topological polar surface area (TPSA) is 20.2 Å². The molecule has 1 nitrogen and oxygen atoms in total. The van der Waals surface area contributed by atoms with Gasteiger partial charge >= 0.3 is 12.4 Å². The fourth-order valence-electron chi connectivity index (χ4n) is 1.10. The number of halogens is 6. The Hall–Kier alpha value is -0.720. The van der Waals surface area contributed by atoms with E-state index < -0.39 is 30.8 Å². The van der Waals surface area contributed by atoms with Gasteiger partial charge in [-0.05, 0) is 13.3 Å². The molecule has 0 spiro atoms. The lowest BCUT2D eigenvalue weighted by Crippen LogP contribution is -2.44. The summed E-state index contributed by atoms with van der Waals surface area (Å²) >= 11 is 0. The van der Waals surface area contributed by atoms with Crippen LogP contribution >= 0.6 is 0 Å². The lowest BCUT2D eigenvalue weighted by atomic mass is 9.96. The number of hydrogen-bond donors (Lipinski definition) is 1. The van der Waals surface area contributed by atoms with Crippen LogP contribution in [-0.2, 0) is 0 Å². The van der Waals surface area contributed by atoms with Crippen LogP contribution in [0.5, 0.6) is 0 Å². The molecular weight excluding hydrogens is 226 g/mol. The van der Waals surface area contributed by atoms with E-state index in [0.29, 0.717) is 0 Å². The van der Waals surface area contributed by atoms with E-state index in [1.54, 1.807) is 0 Å². The third-order valence-electron chi connectivity index (χ3n) is 1.65. The first-order valence-corrected chi connectivity index (χ1v) is 3.92. The fourth-order valence-corrected chi connectivity index (χ4v) is 1.10. The second kappa shape index (κ2) is 4.42. The van der Waals surface area contributed by atoms with Crippen LogP contribution in [-0.4, -0.2) is 23.6 Å². The van der Waals surface area contributed by atoms with Gasteiger partial charge in [0.25, 0.3) is 0 Å². The third-order valence-corrected chi connectivity index (χ3v) is 1.65. The molecule has 0 aromatic rings. The number of aliphatic hydroxyl groups excluding tert-OH is 1. The Balaban J connectivity index is 4.88. The summed E-state index contributed by atoms with van der Waals surface area (Å²) in [6.45, 7) is 4.39. The first-order chi connectivity index (χ1) is 6.46. The van der Waals surface area contributed by atoms with E-state index in [0.717, 1.165) is 0 Å². The Bertz CT molecular complexity index is 214. The predicted octanol–water partition coefficient (Wildman–Crippen LogP) is 3.05. The Morgan fingerprint density at radius 3 is 1.67 bits per heavy atom. The molecule has 0 bridgehead atoms. The lowest BCUT2D eigenvalue weighted by molar-refractivity contribution is -0.305. The van der Waals surface area contributed by atoms with Gasteiger partial charge in [0.05, 0.1) is 6.10 Å². The average molecular weight is 236 g/mol. The third kappa shape index (κ3) is 4.55. The summed E-state index contributed by atoms with van der Waals surface area (Å²) in [5.74, 6) is -3.72. The molecule has 1 atom stereocenters. The van der Waals surface area contributed by atoms with E-state index in [2.05, 4.69) is 6.58 Å². The molecule has 7 heteroatoms. The molecule has 0 aliphatic heterocycles. The highest BCUT2D eigenvalue weighted by Crippen LogP contribution is 2.42. The van der Waals surface area contributed by atoms with Gasteiger partial charge in [0.1, 0.15) is 0 Å². The first-order valence-electron chi connectivity index (χ1n) is 3.92. The molecule has 0 saturated heterocycles. The number of aliphatic hydroxyl groups is 1. The largest absolute Gasteiger partial charge is 0.403 e. The maximum absolute atomic E-state index is 12.0. The standard InChI is InChI=1S/C8H10F6O/c1-4(2)3-5(15)6(7(9,10)11)8(12,13)14/h5-6,15H,1,3H2,2H3. The van der Waals surface area contributed by atoms with Crippen LogP contribution in [0.3, 0.4) is 0 Å². The maximum atomic E-state index is 12.0. The molecule has 90 valence electrons. The molecule has 0 aromatic heterocycles. The van der Waals surface area contributed by atoms with Crippen molar-refractivity contribution in [3.05, 3.63) is 12.2 Å². The van der Waals surface area contributed by atoms with E-state index in [4.69, 9.17) is 5.11 Å². The second-order valence-corrected chi connectivity index (χ2v) is 3.29. The van der Waals surface area contributed by atoms with E-state index in [1.165, 1.54) is 6.92 Å². The van der Waals surface area contributed by atoms with Crippen LogP contribution in [0, 0.1) is 5.92 Å². The Kier molecular flexibility index (Phi) is 4.21. The van der Waals surface area contributed by atoms with Crippen molar-refractivity contribution in [2.24, 2.45) is 5.92 Å². The molecule has 0 aliphatic rings. The van der Waals surface area contributed by atoms with Crippen molar-refractivity contribution in [2.75, 3.05) is 0 Å². The lowest BCUT2D eigenvalue weighted by Gasteiger charge is -2.27. The molecule has 0 aliphatic carbocycles. The number of hydrogen-bond acceptors (Lipinski definition) is 1. The van der Waals surface area contributed by atoms with Crippen molar-refractivity contribution >= 4 is 0 Å². The molecule has 1 unspecified atom stereocenters. The minimum absolute atomic E-state index is 0.0565. The molecule has 0 radical (unpaired) electrons. The Labute approximate surface area is 82.4 Å². The number of alkyl halides is 6. The SMILES string of the molecule is C=C(C)CC(O)C(C(F)(F)F)C(F)(F)F. The van der Waals surface area contributed by atoms with Crippen LogP contribution < -0.4 is 0 Å². The van der Waals surface area contributed by atoms with E-state index >= 15 is 0 Å². The van der Waals surface area contributed by atoms with E-state index in [-0.39, 0.29) is 5.57 Å². The van der Waals surface area contributed by atoms with Gasteiger partial charge in [0.15, 0.2) is 5.92 Å². The summed E-state index contributed by atoms with van der Waals surface area (Å²) in [4.78, 5) is 0. The van der Waals surface area contributed by atoms with Crippen molar-refractivity contribution in [2.45, 2.75) is 31.8 Å². The summed E-state index contributed by atoms with van der Waals surface area (Å²) in [7, 11) is 0. The normalized spacial score (nSPS) is 15.5. The van der Waals surface area contributed by atoms with Crippen LogP contribution in [0.2, 0.25) is 0 Å². The summed E-state index contributed by atoms with van der Waals surface area (Å²) in [5.41, 5.74) is 0.0565. The Morgan fingerprint density at radius 2 is 1.47 bits per heavy atom. The van der Waals surface area contributed by atoms with Crippen LogP contribution in [0.4, 0.5) is 26.3 Å². The van der Waals surface area contributed by atoms with Gasteiger partial charge in [-0.3, -0.25) is 0 Å². The zero-order chi connectivity index (χ0) is 12.4. The molecular formula is C8H10F6O. The monoisotopic (exact) mass is 236 g/mol. The molecule has 15 heavy (non-hydrogen) atoms. The van der Waals surface area contributed by atoms with Crippen molar-refractivity contribution in [3.63, 3.8) is 0 Å². The van der Waals surface area contributed by atoms with Gasteiger partial charge in [-0.25, -0.2) is 0 Å². The zero-order valence-electron chi connectivity index (χ0n) is 7.78. The average Bonchev–Trinajstić information content (AvgIpc) is 1.74. The molecule has 0 saturated carbocycles. The molecule has 0 heterocycles. The van der Waals surface area contributed by atoms with Gasteiger partial charge in [0, 0.05) is 0 Å². The van der Waals surface area contributed by atoms with Crippen LogP contribution in [0.15, 0.2) is 12.2 Å². The summed E-state index contributed by atoms with van der Waals surface area (Å²) in [6.07, 6.45) is -14.3.